The Balaban J connectivity index is 1.34. The van der Waals surface area contributed by atoms with Crippen LogP contribution < -0.4 is 10.9 Å². The number of nitro groups is 1. The Morgan fingerprint density at radius 3 is 2.33 bits per heavy atom. The molecule has 36 heavy (non-hydrogen) atoms. The van der Waals surface area contributed by atoms with Crippen LogP contribution in [-0.2, 0) is 11.3 Å². The lowest BCUT2D eigenvalue weighted by Crippen LogP contribution is -2.25. The van der Waals surface area contributed by atoms with Crippen molar-refractivity contribution in [2.75, 3.05) is 0 Å². The van der Waals surface area contributed by atoms with Crippen LogP contribution in [0.5, 0.6) is 0 Å². The normalized spacial score (nSPS) is 11.4. The molecule has 178 valence electrons. The summed E-state index contributed by atoms with van der Waals surface area (Å²) >= 11 is 6.16. The molecule has 0 radical (unpaired) electrons. The minimum Gasteiger partial charge on any atom is -0.455 e. The highest BCUT2D eigenvalue weighted by atomic mass is 35.5. The minimum atomic E-state index is -0.530. The Bertz CT molecular complexity index is 1680. The van der Waals surface area contributed by atoms with Gasteiger partial charge in [-0.15, -0.1) is 0 Å². The van der Waals surface area contributed by atoms with Gasteiger partial charge >= 0.3 is 0 Å². The van der Waals surface area contributed by atoms with Crippen molar-refractivity contribution in [1.82, 2.24) is 9.99 Å². The molecular weight excluding hydrogens is 484 g/mol. The molecule has 0 fully saturated rings. The summed E-state index contributed by atoms with van der Waals surface area (Å²) in [5.41, 5.74) is 4.05. The molecule has 5 rings (SSSR count). The summed E-state index contributed by atoms with van der Waals surface area (Å²) in [5, 5.41) is 16.1. The highest BCUT2D eigenvalue weighted by Gasteiger charge is 2.14. The summed E-state index contributed by atoms with van der Waals surface area (Å²) in [6.07, 6.45) is 1.34. The number of fused-ring (bicyclic) bond motifs is 2. The van der Waals surface area contributed by atoms with E-state index in [9.17, 15) is 19.7 Å². The molecule has 0 saturated heterocycles. The van der Waals surface area contributed by atoms with Gasteiger partial charge < -0.3 is 8.98 Å². The smallest absolute Gasteiger partial charge is 0.270 e. The molecule has 0 unspecified atom stereocenters. The maximum Gasteiger partial charge on any atom is 0.270 e. The molecule has 1 amide bonds. The number of rotatable bonds is 6. The maximum atomic E-state index is 12.8. The van der Waals surface area contributed by atoms with Gasteiger partial charge in [0.1, 0.15) is 18.1 Å². The molecule has 0 atom stereocenters. The number of nitrogens with one attached hydrogen (secondary N) is 1. The Hall–Kier alpha value is -4.76. The number of hydrazone groups is 1. The number of hydrogen-bond acceptors (Lipinski definition) is 6. The van der Waals surface area contributed by atoms with E-state index in [0.717, 1.165) is 0 Å². The lowest BCUT2D eigenvalue weighted by Gasteiger charge is -2.14. The van der Waals surface area contributed by atoms with Gasteiger partial charge in [0, 0.05) is 28.5 Å². The molecule has 10 heteroatoms. The number of aromatic nitrogens is 1. The zero-order valence-electron chi connectivity index (χ0n) is 18.6. The van der Waals surface area contributed by atoms with Crippen LogP contribution in [0.1, 0.15) is 5.76 Å². The fourth-order valence-corrected chi connectivity index (χ4v) is 4.25. The van der Waals surface area contributed by atoms with Crippen LogP contribution in [0, 0.1) is 10.1 Å². The lowest BCUT2D eigenvalue weighted by molar-refractivity contribution is -0.384. The van der Waals surface area contributed by atoms with E-state index in [2.05, 4.69) is 10.5 Å². The van der Waals surface area contributed by atoms with Gasteiger partial charge in [0.2, 0.25) is 0 Å². The fourth-order valence-electron chi connectivity index (χ4n) is 3.98. The van der Waals surface area contributed by atoms with E-state index in [1.54, 1.807) is 53.1 Å². The fraction of sp³-hybridized carbons (Fsp3) is 0.0385. The van der Waals surface area contributed by atoms with Crippen molar-refractivity contribution in [3.8, 4) is 11.3 Å². The predicted octanol–water partition coefficient (Wildman–Crippen LogP) is 5.13. The number of nitrogens with zero attached hydrogens (tertiary/aromatic N) is 3. The van der Waals surface area contributed by atoms with Gasteiger partial charge in [-0.05, 0) is 42.5 Å². The standard InChI is InChI=1S/C26H17ClN4O5/c27-21-13-16(31(34)35)9-11-18(21)24-12-10-17(36-24)14-28-29-25(32)15-30-22-7-3-1-5-19(22)26(33)20-6-2-4-8-23(20)30/h1-14H,15H2,(H,29,32). The van der Waals surface area contributed by atoms with Gasteiger partial charge in [-0.3, -0.25) is 19.7 Å². The number of amides is 1. The van der Waals surface area contributed by atoms with Crippen molar-refractivity contribution >= 4 is 51.2 Å². The van der Waals surface area contributed by atoms with Crippen molar-refractivity contribution in [1.29, 1.82) is 0 Å². The number of benzene rings is 3. The summed E-state index contributed by atoms with van der Waals surface area (Å²) in [7, 11) is 0. The van der Waals surface area contributed by atoms with Crippen molar-refractivity contribution in [3.63, 3.8) is 0 Å². The molecule has 0 aliphatic rings. The van der Waals surface area contributed by atoms with Crippen molar-refractivity contribution in [2.45, 2.75) is 6.54 Å². The van der Waals surface area contributed by atoms with Crippen molar-refractivity contribution in [3.05, 3.63) is 110 Å². The van der Waals surface area contributed by atoms with E-state index in [-0.39, 0.29) is 22.7 Å². The monoisotopic (exact) mass is 500 g/mol. The number of carbonyl (C=O) groups is 1. The summed E-state index contributed by atoms with van der Waals surface area (Å²) in [4.78, 5) is 35.9. The Kier molecular flexibility index (Phi) is 6.05. The Morgan fingerprint density at radius 1 is 1.03 bits per heavy atom. The Morgan fingerprint density at radius 2 is 1.69 bits per heavy atom. The van der Waals surface area contributed by atoms with E-state index in [4.69, 9.17) is 16.0 Å². The largest absolute Gasteiger partial charge is 0.455 e. The molecule has 0 aliphatic carbocycles. The van der Waals surface area contributed by atoms with Crippen LogP contribution in [0.3, 0.4) is 0 Å². The number of halogens is 1. The average Bonchev–Trinajstić information content (AvgIpc) is 3.35. The Labute approximate surface area is 208 Å². The summed E-state index contributed by atoms with van der Waals surface area (Å²) in [6, 6.07) is 21.6. The third-order valence-electron chi connectivity index (χ3n) is 5.62. The van der Waals surface area contributed by atoms with Gasteiger partial charge in [0.05, 0.1) is 27.2 Å². The van der Waals surface area contributed by atoms with Gasteiger partial charge in [-0.2, -0.15) is 5.10 Å². The molecule has 2 aromatic heterocycles. The lowest BCUT2D eigenvalue weighted by atomic mass is 10.1. The van der Waals surface area contributed by atoms with Crippen LogP contribution >= 0.6 is 11.6 Å². The van der Waals surface area contributed by atoms with E-state index in [1.807, 2.05) is 12.1 Å². The van der Waals surface area contributed by atoms with E-state index < -0.39 is 10.8 Å². The molecule has 5 aromatic rings. The third-order valence-corrected chi connectivity index (χ3v) is 5.93. The molecule has 0 spiro atoms. The van der Waals surface area contributed by atoms with Crippen LogP contribution in [0.25, 0.3) is 33.1 Å². The third kappa shape index (κ3) is 4.35. The number of nitro benzene ring substituents is 1. The van der Waals surface area contributed by atoms with Crippen molar-refractivity contribution in [2.24, 2.45) is 5.10 Å². The highest BCUT2D eigenvalue weighted by Crippen LogP contribution is 2.32. The average molecular weight is 501 g/mol. The highest BCUT2D eigenvalue weighted by molar-refractivity contribution is 6.33. The van der Waals surface area contributed by atoms with Crippen LogP contribution in [-0.4, -0.2) is 21.6 Å². The van der Waals surface area contributed by atoms with Gasteiger partial charge in [0.15, 0.2) is 5.43 Å². The SMILES string of the molecule is O=C(Cn1c2ccccc2c(=O)c2ccccc21)NN=Cc1ccc(-c2ccc([N+](=O)[O-])cc2Cl)o1. The van der Waals surface area contributed by atoms with E-state index in [0.29, 0.717) is 38.9 Å². The number of hydrogen-bond donors (Lipinski definition) is 1. The topological polar surface area (TPSA) is 120 Å². The van der Waals surface area contributed by atoms with Crippen LogP contribution in [0.4, 0.5) is 5.69 Å². The molecule has 0 bridgehead atoms. The second-order valence-electron chi connectivity index (χ2n) is 7.87. The maximum absolute atomic E-state index is 12.8. The number of pyridine rings is 1. The second kappa shape index (κ2) is 9.47. The van der Waals surface area contributed by atoms with Gasteiger partial charge in [-0.25, -0.2) is 5.43 Å². The van der Waals surface area contributed by atoms with E-state index in [1.165, 1.54) is 24.4 Å². The first-order valence-corrected chi connectivity index (χ1v) is 11.2. The minimum absolute atomic E-state index is 0.0551. The first-order chi connectivity index (χ1) is 17.4. The zero-order chi connectivity index (χ0) is 25.2. The predicted molar refractivity (Wildman–Crippen MR) is 137 cm³/mol. The molecule has 2 heterocycles. The first-order valence-electron chi connectivity index (χ1n) is 10.8. The zero-order valence-corrected chi connectivity index (χ0v) is 19.3. The van der Waals surface area contributed by atoms with Crippen molar-refractivity contribution < 1.29 is 14.1 Å². The number of furan rings is 1. The number of carbonyl (C=O) groups excluding carboxylic acids is 1. The summed E-state index contributed by atoms with van der Waals surface area (Å²) < 4.78 is 7.46. The number of para-hydroxylation sites is 2. The van der Waals surface area contributed by atoms with E-state index >= 15 is 0 Å². The molecular formula is C26H17ClN4O5. The molecule has 1 N–H and O–H groups in total. The molecule has 0 saturated carbocycles. The summed E-state index contributed by atoms with van der Waals surface area (Å²) in [6.45, 7) is -0.0551. The summed E-state index contributed by atoms with van der Waals surface area (Å²) in [5.74, 6) is 0.350. The van der Waals surface area contributed by atoms with Crippen LogP contribution in [0.15, 0.2) is 93.2 Å². The van der Waals surface area contributed by atoms with Gasteiger partial charge in [0.25, 0.3) is 11.6 Å². The first kappa shape index (κ1) is 23.0. The molecule has 9 nitrogen and oxygen atoms in total. The number of non-ortho nitro benzene ring substituents is 1. The second-order valence-corrected chi connectivity index (χ2v) is 8.27. The quantitative estimate of drug-likeness (QED) is 0.150. The molecule has 0 aliphatic heterocycles. The van der Waals surface area contributed by atoms with Crippen LogP contribution in [0.2, 0.25) is 5.02 Å². The van der Waals surface area contributed by atoms with Gasteiger partial charge in [-0.1, -0.05) is 35.9 Å². The molecule has 3 aromatic carbocycles.